The first-order valence-electron chi connectivity index (χ1n) is 12.1. The normalized spacial score (nSPS) is 23.2. The van der Waals surface area contributed by atoms with Gasteiger partial charge in [-0.05, 0) is 76.7 Å². The molecule has 0 amide bonds. The highest BCUT2D eigenvalue weighted by Gasteiger charge is 2.39. The first kappa shape index (κ1) is 22.3. The molecule has 3 aliphatic rings. The third-order valence-electron chi connectivity index (χ3n) is 7.09. The summed E-state index contributed by atoms with van der Waals surface area (Å²) in [4.78, 5) is 10.0. The summed E-state index contributed by atoms with van der Waals surface area (Å²) in [7, 11) is 0. The number of ether oxygens (including phenoxy) is 1. The molecule has 3 fully saturated rings. The van der Waals surface area contributed by atoms with E-state index >= 15 is 0 Å². The lowest BCUT2D eigenvalue weighted by atomic mass is 9.88. The third kappa shape index (κ3) is 5.69. The molecule has 1 aromatic rings. The van der Waals surface area contributed by atoms with Gasteiger partial charge >= 0.3 is 0 Å². The Morgan fingerprint density at radius 1 is 1.16 bits per heavy atom. The van der Waals surface area contributed by atoms with E-state index in [0.29, 0.717) is 6.04 Å². The summed E-state index contributed by atoms with van der Waals surface area (Å²) in [5, 5.41) is 7.13. The van der Waals surface area contributed by atoms with E-state index in [0.717, 1.165) is 76.7 Å². The van der Waals surface area contributed by atoms with Crippen molar-refractivity contribution >= 4 is 11.6 Å². The van der Waals surface area contributed by atoms with Crippen LogP contribution in [0.15, 0.2) is 29.3 Å². The van der Waals surface area contributed by atoms with Gasteiger partial charge in [0.1, 0.15) is 5.82 Å². The molecular weight excluding hydrogens is 393 g/mol. The number of anilines is 1. The number of nitrogens with zero attached hydrogens (tertiary/aromatic N) is 3. The minimum Gasteiger partial charge on any atom is -0.381 e. The summed E-state index contributed by atoms with van der Waals surface area (Å²) in [5.41, 5.74) is 1.13. The second-order valence-corrected chi connectivity index (χ2v) is 9.11. The average Bonchev–Trinajstić information content (AvgIpc) is 3.35. The molecule has 0 radical (unpaired) electrons. The Bertz CT molecular complexity index is 722. The van der Waals surface area contributed by atoms with Crippen molar-refractivity contribution < 1.29 is 9.13 Å². The monoisotopic (exact) mass is 431 g/mol. The number of aliphatic imine (C=N–C) groups is 1. The molecular formula is C24H38FN5O. The number of rotatable bonds is 6. The lowest BCUT2D eigenvalue weighted by Gasteiger charge is -2.43. The maximum absolute atomic E-state index is 13.6. The van der Waals surface area contributed by atoms with Crippen LogP contribution in [0.1, 0.15) is 45.4 Å². The summed E-state index contributed by atoms with van der Waals surface area (Å²) in [6.45, 7) is 9.72. The number of hydrogen-bond donors (Lipinski definition) is 2. The van der Waals surface area contributed by atoms with Crippen molar-refractivity contribution in [2.75, 3.05) is 57.4 Å². The average molecular weight is 432 g/mol. The van der Waals surface area contributed by atoms with Gasteiger partial charge in [-0.15, -0.1) is 0 Å². The zero-order valence-electron chi connectivity index (χ0n) is 18.9. The van der Waals surface area contributed by atoms with E-state index in [4.69, 9.17) is 9.73 Å². The summed E-state index contributed by atoms with van der Waals surface area (Å²) in [5.74, 6) is 0.760. The zero-order chi connectivity index (χ0) is 21.5. The number of benzene rings is 1. The van der Waals surface area contributed by atoms with Gasteiger partial charge in [0.2, 0.25) is 0 Å². The highest BCUT2D eigenvalue weighted by atomic mass is 19.1. The van der Waals surface area contributed by atoms with Crippen LogP contribution in [0.2, 0.25) is 0 Å². The predicted octanol–water partition coefficient (Wildman–Crippen LogP) is 2.99. The van der Waals surface area contributed by atoms with E-state index in [1.807, 2.05) is 6.07 Å². The summed E-state index contributed by atoms with van der Waals surface area (Å²) in [6, 6.07) is 7.31. The van der Waals surface area contributed by atoms with Gasteiger partial charge in [0.15, 0.2) is 5.96 Å². The van der Waals surface area contributed by atoms with Crippen molar-refractivity contribution in [3.8, 4) is 0 Å². The lowest BCUT2D eigenvalue weighted by Crippen LogP contribution is -2.54. The zero-order valence-corrected chi connectivity index (χ0v) is 18.9. The Hall–Kier alpha value is -1.86. The molecule has 1 aromatic carbocycles. The fourth-order valence-corrected chi connectivity index (χ4v) is 5.21. The lowest BCUT2D eigenvalue weighted by molar-refractivity contribution is -0.0139. The number of hydrogen-bond acceptors (Lipinski definition) is 4. The molecule has 0 unspecified atom stereocenters. The van der Waals surface area contributed by atoms with Crippen molar-refractivity contribution in [1.82, 2.24) is 15.5 Å². The topological polar surface area (TPSA) is 52.1 Å². The van der Waals surface area contributed by atoms with Crippen molar-refractivity contribution in [2.45, 2.75) is 57.0 Å². The first-order valence-corrected chi connectivity index (χ1v) is 12.1. The number of likely N-dealkylation sites (tertiary alicyclic amines) is 1. The molecule has 0 saturated carbocycles. The second-order valence-electron chi connectivity index (χ2n) is 9.11. The van der Waals surface area contributed by atoms with Gasteiger partial charge in [-0.2, -0.15) is 0 Å². The molecule has 0 bridgehead atoms. The smallest absolute Gasteiger partial charge is 0.191 e. The number of nitrogens with one attached hydrogen (secondary N) is 2. The Morgan fingerprint density at radius 2 is 1.90 bits per heavy atom. The molecule has 0 atom stereocenters. The molecule has 4 rings (SSSR count). The van der Waals surface area contributed by atoms with E-state index in [-0.39, 0.29) is 11.4 Å². The van der Waals surface area contributed by atoms with Crippen LogP contribution >= 0.6 is 0 Å². The van der Waals surface area contributed by atoms with E-state index in [9.17, 15) is 4.39 Å². The van der Waals surface area contributed by atoms with Gasteiger partial charge in [0, 0.05) is 50.1 Å². The van der Waals surface area contributed by atoms with E-state index < -0.39 is 0 Å². The highest BCUT2D eigenvalue weighted by Crippen LogP contribution is 2.31. The second kappa shape index (κ2) is 10.6. The molecule has 0 spiro atoms. The van der Waals surface area contributed by atoms with Crippen LogP contribution in [0.4, 0.5) is 10.1 Å². The van der Waals surface area contributed by atoms with Crippen LogP contribution in [-0.2, 0) is 4.74 Å². The Morgan fingerprint density at radius 3 is 2.58 bits per heavy atom. The molecule has 6 nitrogen and oxygen atoms in total. The molecule has 2 N–H and O–H groups in total. The van der Waals surface area contributed by atoms with Crippen molar-refractivity contribution in [1.29, 1.82) is 0 Å². The number of guanidine groups is 1. The fraction of sp³-hybridized carbons (Fsp3) is 0.708. The minimum absolute atomic E-state index is 0.151. The Kier molecular flexibility index (Phi) is 7.67. The summed E-state index contributed by atoms with van der Waals surface area (Å²) < 4.78 is 19.2. The van der Waals surface area contributed by atoms with Gasteiger partial charge in [-0.1, -0.05) is 6.07 Å². The Balaban J connectivity index is 1.35. The number of halogens is 1. The van der Waals surface area contributed by atoms with Crippen LogP contribution in [0, 0.1) is 5.82 Å². The number of piperidine rings is 1. The summed E-state index contributed by atoms with van der Waals surface area (Å²) in [6.07, 6.45) is 6.78. The molecule has 172 valence electrons. The van der Waals surface area contributed by atoms with Crippen LogP contribution in [0.5, 0.6) is 0 Å². The molecule has 3 heterocycles. The van der Waals surface area contributed by atoms with Gasteiger partial charge < -0.3 is 20.3 Å². The quantitative estimate of drug-likeness (QED) is 0.536. The fourth-order valence-electron chi connectivity index (χ4n) is 5.21. The molecule has 3 saturated heterocycles. The predicted molar refractivity (Wildman–Crippen MR) is 124 cm³/mol. The molecule has 0 aromatic heterocycles. The maximum atomic E-state index is 13.6. The van der Waals surface area contributed by atoms with Gasteiger partial charge in [-0.25, -0.2) is 4.39 Å². The van der Waals surface area contributed by atoms with E-state index in [2.05, 4.69) is 27.4 Å². The van der Waals surface area contributed by atoms with Crippen LogP contribution < -0.4 is 15.5 Å². The van der Waals surface area contributed by atoms with Crippen LogP contribution in [-0.4, -0.2) is 74.9 Å². The molecule has 3 aliphatic heterocycles. The van der Waals surface area contributed by atoms with Gasteiger partial charge in [0.05, 0.1) is 6.54 Å². The summed E-state index contributed by atoms with van der Waals surface area (Å²) >= 11 is 0. The minimum atomic E-state index is -0.167. The highest BCUT2D eigenvalue weighted by molar-refractivity contribution is 5.80. The largest absolute Gasteiger partial charge is 0.381 e. The molecule has 0 aliphatic carbocycles. The van der Waals surface area contributed by atoms with Gasteiger partial charge in [0.25, 0.3) is 0 Å². The maximum Gasteiger partial charge on any atom is 0.191 e. The van der Waals surface area contributed by atoms with Crippen molar-refractivity contribution in [3.05, 3.63) is 30.1 Å². The third-order valence-corrected chi connectivity index (χ3v) is 7.09. The van der Waals surface area contributed by atoms with Crippen LogP contribution in [0.25, 0.3) is 0 Å². The SMILES string of the molecule is CCNC(=NCC1(N2CCCC2)CCOCC1)NC1CCN(c2cccc(F)c2)CC1. The van der Waals surface area contributed by atoms with Gasteiger partial charge in [-0.3, -0.25) is 9.89 Å². The van der Waals surface area contributed by atoms with Crippen LogP contribution in [0.3, 0.4) is 0 Å². The van der Waals surface area contributed by atoms with Crippen molar-refractivity contribution in [2.24, 2.45) is 4.99 Å². The molecule has 31 heavy (non-hydrogen) atoms. The van der Waals surface area contributed by atoms with Crippen molar-refractivity contribution in [3.63, 3.8) is 0 Å². The first-order chi connectivity index (χ1) is 15.2. The Labute approximate surface area is 186 Å². The standard InChI is InChI=1S/C24H38FN5O/c1-2-26-23(27-19-24(10-16-31-17-11-24)30-12-3-4-13-30)28-21-8-14-29(15-9-21)22-7-5-6-20(25)18-22/h5-7,18,21H,2-4,8-17,19H2,1H3,(H2,26,27,28). The van der Waals surface area contributed by atoms with E-state index in [1.165, 1.54) is 32.0 Å². The molecule has 7 heteroatoms. The van der Waals surface area contributed by atoms with E-state index in [1.54, 1.807) is 12.1 Å².